The molecule has 0 spiro atoms. The van der Waals surface area contributed by atoms with Gasteiger partial charge in [-0.05, 0) is 76.9 Å². The minimum atomic E-state index is -0.342. The molecule has 10 rings (SSSR count). The first kappa shape index (κ1) is 35.2. The van der Waals surface area contributed by atoms with Crippen molar-refractivity contribution in [3.63, 3.8) is 0 Å². The maximum atomic E-state index is 13.1. The molecule has 8 bridgehead atoms. The number of hydrazone groups is 1. The molecule has 0 aliphatic carbocycles. The predicted octanol–water partition coefficient (Wildman–Crippen LogP) is 11.5. The molecule has 0 saturated heterocycles. The van der Waals surface area contributed by atoms with Gasteiger partial charge in [0.05, 0.1) is 29.0 Å². The molecule has 2 aliphatic heterocycles. The molecular weight excluding hydrogens is 727 g/mol. The lowest BCUT2D eigenvalue weighted by atomic mass is 10.00. The van der Waals surface area contributed by atoms with Crippen molar-refractivity contribution < 1.29 is 4.79 Å². The largest absolute Gasteiger partial charge is 0.354 e. The van der Waals surface area contributed by atoms with Crippen LogP contribution >= 0.6 is 0 Å². The number of aromatic nitrogens is 5. The number of hydrogen-bond acceptors (Lipinski definition) is 5. The molecule has 4 aromatic carbocycles. The molecule has 8 nitrogen and oxygen atoms in total. The number of allylic oxidation sites excluding steroid dienone is 1. The quantitative estimate of drug-likeness (QED) is 0.111. The van der Waals surface area contributed by atoms with Gasteiger partial charge in [-0.1, -0.05) is 121 Å². The van der Waals surface area contributed by atoms with Crippen LogP contribution in [0.4, 0.5) is 0 Å². The Hall–Kier alpha value is -8.23. The Kier molecular flexibility index (Phi) is 9.17. The number of nitrogens with one attached hydrogen (secondary N) is 3. The lowest BCUT2D eigenvalue weighted by Gasteiger charge is -2.07. The van der Waals surface area contributed by atoms with Crippen molar-refractivity contribution in [1.29, 1.82) is 0 Å². The third kappa shape index (κ3) is 6.85. The highest BCUT2D eigenvalue weighted by Crippen LogP contribution is 2.40. The summed E-state index contributed by atoms with van der Waals surface area (Å²) < 4.78 is 0. The maximum absolute atomic E-state index is 13.1. The molecule has 4 aromatic heterocycles. The molecule has 280 valence electrons. The fraction of sp³-hybridized carbons (Fsp3) is 0. The second kappa shape index (κ2) is 15.4. The van der Waals surface area contributed by atoms with Gasteiger partial charge in [0.25, 0.3) is 5.91 Å². The molecule has 6 heterocycles. The topological polar surface area (TPSA) is 112 Å². The van der Waals surface area contributed by atoms with Gasteiger partial charge in [0.1, 0.15) is 0 Å². The van der Waals surface area contributed by atoms with Crippen LogP contribution in [0.3, 0.4) is 0 Å². The van der Waals surface area contributed by atoms with Crippen molar-refractivity contribution in [2.75, 3.05) is 0 Å². The van der Waals surface area contributed by atoms with E-state index >= 15 is 0 Å². The van der Waals surface area contributed by atoms with Crippen molar-refractivity contribution in [2.45, 2.75) is 0 Å². The molecule has 3 N–H and O–H groups in total. The van der Waals surface area contributed by atoms with E-state index in [0.29, 0.717) is 11.3 Å². The van der Waals surface area contributed by atoms with Crippen LogP contribution in [0, 0.1) is 0 Å². The summed E-state index contributed by atoms with van der Waals surface area (Å²) in [6.07, 6.45) is 11.1. The van der Waals surface area contributed by atoms with Gasteiger partial charge in [-0.2, -0.15) is 5.10 Å². The Morgan fingerprint density at radius 3 is 1.39 bits per heavy atom. The van der Waals surface area contributed by atoms with Crippen molar-refractivity contribution in [3.8, 4) is 44.5 Å². The third-order valence-electron chi connectivity index (χ3n) is 10.5. The van der Waals surface area contributed by atoms with Crippen LogP contribution in [-0.4, -0.2) is 37.0 Å². The number of carbonyl (C=O) groups excluding carboxylic acids is 1. The molecule has 8 aromatic rings. The SMILES string of the molecule is O=C(N/N=C\C1=Cc2nc1c(-c1ccccc1)c1ccc([nH]1)c(-c1ccccc1)c1nc(c(-c3ccccc3)c3ccc([nH]3)c2-c2ccccc2)C=C1)c1ccncc1. The zero-order chi connectivity index (χ0) is 39.5. The summed E-state index contributed by atoms with van der Waals surface area (Å²) in [7, 11) is 0. The van der Waals surface area contributed by atoms with E-state index in [1.54, 1.807) is 30.7 Å². The third-order valence-corrected chi connectivity index (χ3v) is 10.5. The maximum Gasteiger partial charge on any atom is 0.271 e. The predicted molar refractivity (Wildman–Crippen MR) is 240 cm³/mol. The van der Waals surface area contributed by atoms with Crippen molar-refractivity contribution in [1.82, 2.24) is 30.3 Å². The monoisotopic (exact) mass is 761 g/mol. The summed E-state index contributed by atoms with van der Waals surface area (Å²) >= 11 is 0. The Morgan fingerprint density at radius 2 is 0.915 bits per heavy atom. The normalized spacial score (nSPS) is 12.1. The summed E-state index contributed by atoms with van der Waals surface area (Å²) in [6, 6.07) is 53.0. The second-order valence-electron chi connectivity index (χ2n) is 14.1. The number of aromatic amines is 2. The highest BCUT2D eigenvalue weighted by Gasteiger charge is 2.22. The van der Waals surface area contributed by atoms with Crippen LogP contribution in [-0.2, 0) is 0 Å². The van der Waals surface area contributed by atoms with Crippen LogP contribution in [0.5, 0.6) is 0 Å². The smallest absolute Gasteiger partial charge is 0.271 e. The van der Waals surface area contributed by atoms with Crippen LogP contribution in [0.2, 0.25) is 0 Å². The minimum absolute atomic E-state index is 0.342. The van der Waals surface area contributed by atoms with E-state index in [4.69, 9.17) is 9.97 Å². The fourth-order valence-electron chi connectivity index (χ4n) is 7.77. The number of rotatable bonds is 7. The molecule has 0 atom stereocenters. The Labute approximate surface area is 340 Å². The fourth-order valence-corrected chi connectivity index (χ4v) is 7.77. The Bertz CT molecular complexity index is 3110. The average molecular weight is 762 g/mol. The Balaban J connectivity index is 1.34. The zero-order valence-corrected chi connectivity index (χ0v) is 31.7. The van der Waals surface area contributed by atoms with Gasteiger partial charge in [0, 0.05) is 67.9 Å². The van der Waals surface area contributed by atoms with E-state index in [2.05, 4.69) is 123 Å². The van der Waals surface area contributed by atoms with Crippen LogP contribution in [0.15, 0.2) is 175 Å². The van der Waals surface area contributed by atoms with E-state index in [1.165, 1.54) is 0 Å². The van der Waals surface area contributed by atoms with Gasteiger partial charge in [-0.25, -0.2) is 15.4 Å². The molecule has 0 radical (unpaired) electrons. The van der Waals surface area contributed by atoms with Gasteiger partial charge in [0.15, 0.2) is 0 Å². The minimum Gasteiger partial charge on any atom is -0.354 e. The second-order valence-corrected chi connectivity index (χ2v) is 14.1. The molecule has 0 unspecified atom stereocenters. The Morgan fingerprint density at radius 1 is 0.492 bits per heavy atom. The number of amides is 1. The summed E-state index contributed by atoms with van der Waals surface area (Å²) in [6.45, 7) is 0. The molecule has 1 amide bonds. The van der Waals surface area contributed by atoms with Gasteiger partial charge >= 0.3 is 0 Å². The summed E-state index contributed by atoms with van der Waals surface area (Å²) in [5.74, 6) is -0.342. The number of carbonyl (C=O) groups is 1. The number of nitrogens with zero attached hydrogens (tertiary/aromatic N) is 4. The first-order valence-electron chi connectivity index (χ1n) is 19.3. The first-order valence-corrected chi connectivity index (χ1v) is 19.3. The van der Waals surface area contributed by atoms with E-state index in [9.17, 15) is 4.79 Å². The van der Waals surface area contributed by atoms with Crippen molar-refractivity contribution >= 4 is 58.0 Å². The molecule has 8 heteroatoms. The van der Waals surface area contributed by atoms with Crippen molar-refractivity contribution in [2.24, 2.45) is 5.10 Å². The highest BCUT2D eigenvalue weighted by atomic mass is 16.2. The summed E-state index contributed by atoms with van der Waals surface area (Å²) in [5.41, 5.74) is 18.3. The molecule has 59 heavy (non-hydrogen) atoms. The van der Waals surface area contributed by atoms with E-state index in [0.717, 1.165) is 89.2 Å². The molecular formula is C51H35N7O. The number of H-pyrrole nitrogens is 2. The van der Waals surface area contributed by atoms with Gasteiger partial charge in [-0.3, -0.25) is 9.78 Å². The lowest BCUT2D eigenvalue weighted by Crippen LogP contribution is -2.17. The summed E-state index contributed by atoms with van der Waals surface area (Å²) in [5, 5.41) is 4.49. The lowest BCUT2D eigenvalue weighted by molar-refractivity contribution is 0.0955. The van der Waals surface area contributed by atoms with Crippen LogP contribution in [0.1, 0.15) is 33.1 Å². The number of pyridine rings is 1. The molecule has 0 saturated carbocycles. The number of fused-ring (bicyclic) bond motifs is 8. The van der Waals surface area contributed by atoms with E-state index in [-0.39, 0.29) is 5.91 Å². The average Bonchev–Trinajstić information content (AvgIpc) is 4.13. The van der Waals surface area contributed by atoms with E-state index < -0.39 is 0 Å². The van der Waals surface area contributed by atoms with Crippen molar-refractivity contribution in [3.05, 3.63) is 198 Å². The highest BCUT2D eigenvalue weighted by molar-refractivity contribution is 6.20. The van der Waals surface area contributed by atoms with Crippen LogP contribution in [0.25, 0.3) is 90.4 Å². The first-order chi connectivity index (χ1) is 29.2. The molecule has 2 aliphatic rings. The van der Waals surface area contributed by atoms with Gasteiger partial charge < -0.3 is 9.97 Å². The number of hydrogen-bond donors (Lipinski definition) is 3. The van der Waals surface area contributed by atoms with Crippen LogP contribution < -0.4 is 5.43 Å². The number of benzene rings is 4. The zero-order valence-electron chi connectivity index (χ0n) is 31.7. The van der Waals surface area contributed by atoms with E-state index in [1.807, 2.05) is 66.7 Å². The van der Waals surface area contributed by atoms with Gasteiger partial charge in [-0.15, -0.1) is 0 Å². The standard InChI is InChI=1S/C51H35N7O/c59-51(37-27-29-52-30-28-37)58-53-32-38-31-45-48(35-17-9-3-10-18-35)43-24-23-41(55-43)46(33-13-5-1-6-14-33)39-21-22-40(54-39)47(34-15-7-2-8-16-34)42-25-26-44(56-42)49(50(38)57-45)36-19-11-4-12-20-36/h1-32,55-56H,(H,58,59)/b46-39?,46-41?,47-40?,47-42?,48-43?,48-45?,49-44?,50-49?,53-32-. The van der Waals surface area contributed by atoms with Gasteiger partial charge in [0.2, 0.25) is 0 Å². The molecule has 0 fully saturated rings. The summed E-state index contributed by atoms with van der Waals surface area (Å²) in [4.78, 5) is 35.6.